The van der Waals surface area contributed by atoms with Crippen LogP contribution >= 0.6 is 0 Å². The fraction of sp³-hybridized carbons (Fsp3) is 0.0526. The summed E-state index contributed by atoms with van der Waals surface area (Å²) in [7, 11) is 0. The summed E-state index contributed by atoms with van der Waals surface area (Å²) in [6.07, 6.45) is 0. The molecule has 0 aliphatic carbocycles. The molecule has 0 amide bonds. The zero-order valence-corrected chi connectivity index (χ0v) is 18.1. The van der Waals surface area contributed by atoms with Crippen LogP contribution in [0.5, 0.6) is 5.75 Å². The van der Waals surface area contributed by atoms with Gasteiger partial charge in [0.05, 0.1) is 5.69 Å². The molecule has 0 spiro atoms. The maximum Gasteiger partial charge on any atom is 3.00 e. The summed E-state index contributed by atoms with van der Waals surface area (Å²) in [6.45, 7) is 5.23. The summed E-state index contributed by atoms with van der Waals surface area (Å²) < 4.78 is 22.3. The van der Waals surface area contributed by atoms with Crippen LogP contribution in [-0.4, -0.2) is 19.0 Å². The van der Waals surface area contributed by atoms with Crippen molar-refractivity contribution in [3.05, 3.63) is 66.2 Å². The molecular formula is C19H15N2O4SY+2. The van der Waals surface area contributed by atoms with Gasteiger partial charge in [0.15, 0.2) is 5.75 Å². The van der Waals surface area contributed by atoms with E-state index in [0.717, 1.165) is 5.39 Å². The third-order valence-corrected chi connectivity index (χ3v) is 4.55. The molecule has 0 radical (unpaired) electrons. The number of phenols is 1. The Morgan fingerprint density at radius 3 is 2.52 bits per heavy atom. The smallest absolute Gasteiger partial charge is 0.768 e. The van der Waals surface area contributed by atoms with E-state index in [2.05, 4.69) is 16.8 Å². The van der Waals surface area contributed by atoms with Gasteiger partial charge in [-0.2, -0.15) is 0 Å². The minimum Gasteiger partial charge on any atom is -0.768 e. The van der Waals surface area contributed by atoms with Gasteiger partial charge >= 0.3 is 32.7 Å². The van der Waals surface area contributed by atoms with Gasteiger partial charge in [0, 0.05) is 15.8 Å². The Hall–Kier alpha value is -1.93. The second-order valence-electron chi connectivity index (χ2n) is 5.67. The van der Waals surface area contributed by atoms with Gasteiger partial charge in [-0.25, -0.2) is 0 Å². The number of aromatic hydroxyl groups is 1. The van der Waals surface area contributed by atoms with Crippen LogP contribution in [0.2, 0.25) is 0 Å². The predicted octanol–water partition coefficient (Wildman–Crippen LogP) is 5.03. The van der Waals surface area contributed by atoms with E-state index in [0.29, 0.717) is 10.9 Å². The molecule has 0 saturated heterocycles. The minimum atomic E-state index is -2.45. The molecule has 0 heterocycles. The molecule has 0 fully saturated rings. The van der Waals surface area contributed by atoms with Crippen molar-refractivity contribution in [2.45, 2.75) is 11.8 Å². The van der Waals surface area contributed by atoms with Crippen molar-refractivity contribution < 1.29 is 51.7 Å². The molecule has 2 N–H and O–H groups in total. The zero-order valence-electron chi connectivity index (χ0n) is 14.4. The molecule has 132 valence electrons. The maximum atomic E-state index is 11.2. The summed E-state index contributed by atoms with van der Waals surface area (Å²) in [6, 6.07) is 13.2. The monoisotopic (exact) mass is 456 g/mol. The average Bonchev–Trinajstić information content (AvgIpc) is 2.61. The number of aliphatic hydroxyl groups excluding tert-OH is 1. The van der Waals surface area contributed by atoms with Gasteiger partial charge in [-0.05, 0) is 53.2 Å². The molecular weight excluding hydrogens is 441 g/mol. The van der Waals surface area contributed by atoms with Crippen molar-refractivity contribution in [3.63, 3.8) is 0 Å². The number of benzene rings is 3. The van der Waals surface area contributed by atoms with Crippen LogP contribution in [0.15, 0.2) is 70.2 Å². The number of fused-ring (bicyclic) bond motifs is 1. The maximum absolute atomic E-state index is 11.2. The van der Waals surface area contributed by atoms with E-state index in [9.17, 15) is 19.0 Å². The van der Waals surface area contributed by atoms with Crippen molar-refractivity contribution in [1.82, 2.24) is 0 Å². The van der Waals surface area contributed by atoms with E-state index < -0.39 is 11.1 Å². The Labute approximate surface area is 183 Å². The molecule has 8 heteroatoms. The number of hydrogen-bond acceptors (Lipinski definition) is 6. The van der Waals surface area contributed by atoms with Crippen LogP contribution in [0.3, 0.4) is 0 Å². The van der Waals surface area contributed by atoms with Gasteiger partial charge in [-0.1, -0.05) is 30.8 Å². The third-order valence-electron chi connectivity index (χ3n) is 3.92. The van der Waals surface area contributed by atoms with Crippen LogP contribution in [0.1, 0.15) is 11.1 Å². The van der Waals surface area contributed by atoms with E-state index in [1.807, 2.05) is 18.2 Å². The Balaban J connectivity index is 0.00000261. The molecule has 0 bridgehead atoms. The van der Waals surface area contributed by atoms with Crippen molar-refractivity contribution in [3.8, 4) is 5.75 Å². The summed E-state index contributed by atoms with van der Waals surface area (Å²) >= 11 is -2.45. The Kier molecular flexibility index (Phi) is 7.00. The first kappa shape index (κ1) is 21.4. The first-order valence-corrected chi connectivity index (χ1v) is 8.70. The Morgan fingerprint density at radius 1 is 1.15 bits per heavy atom. The molecule has 1 unspecified atom stereocenters. The van der Waals surface area contributed by atoms with Gasteiger partial charge in [-0.3, -0.25) is 4.21 Å². The third kappa shape index (κ3) is 4.50. The van der Waals surface area contributed by atoms with Crippen molar-refractivity contribution in [2.24, 2.45) is 10.2 Å². The van der Waals surface area contributed by atoms with Gasteiger partial charge in [0.2, 0.25) is 0 Å². The van der Waals surface area contributed by atoms with Crippen LogP contribution < -0.4 is 0 Å². The van der Waals surface area contributed by atoms with Crippen LogP contribution in [0, 0.1) is 6.92 Å². The minimum absolute atomic E-state index is 0. The number of aryl methyl sites for hydroxylation is 1. The molecule has 27 heavy (non-hydrogen) atoms. The Bertz CT molecular complexity index is 1080. The number of azo groups is 1. The van der Waals surface area contributed by atoms with Gasteiger partial charge < -0.3 is 14.8 Å². The number of nitrogens with zero attached hydrogens (tertiary/aromatic N) is 2. The number of phenolic OH excluding ortho intramolecular Hbond substituents is 1. The molecule has 0 aliphatic rings. The van der Waals surface area contributed by atoms with Crippen LogP contribution in [0.4, 0.5) is 11.4 Å². The van der Waals surface area contributed by atoms with Crippen LogP contribution in [-0.2, 0) is 43.8 Å². The van der Waals surface area contributed by atoms with Crippen molar-refractivity contribution in [1.29, 1.82) is 0 Å². The number of rotatable bonds is 4. The largest absolute Gasteiger partial charge is 3.00 e. The topological polar surface area (TPSA) is 105 Å². The van der Waals surface area contributed by atoms with Gasteiger partial charge in [0.25, 0.3) is 0 Å². The summed E-state index contributed by atoms with van der Waals surface area (Å²) in [5.41, 5.74) is 1.36. The number of aliphatic hydroxyl groups is 1. The fourth-order valence-corrected chi connectivity index (χ4v) is 3.01. The number of hydrogen-bond donors (Lipinski definition) is 2. The zero-order chi connectivity index (χ0) is 18.8. The average molecular weight is 456 g/mol. The normalized spacial score (nSPS) is 12.1. The molecule has 6 nitrogen and oxygen atoms in total. The van der Waals surface area contributed by atoms with E-state index >= 15 is 0 Å². The first-order chi connectivity index (χ1) is 12.4. The fourth-order valence-electron chi connectivity index (χ4n) is 2.63. The SMILES string of the molecule is C=C(O)c1ccc(S(=O)[O-])cc1N=Nc1c(C)cc2ccccc2c1O.[Y+3]. The molecule has 0 aromatic heterocycles. The van der Waals surface area contributed by atoms with E-state index in [4.69, 9.17) is 0 Å². The quantitative estimate of drug-likeness (QED) is 0.326. The summed E-state index contributed by atoms with van der Waals surface area (Å²) in [5.74, 6) is -0.279. The van der Waals surface area contributed by atoms with E-state index in [1.165, 1.54) is 18.2 Å². The molecule has 0 saturated carbocycles. The van der Waals surface area contributed by atoms with E-state index in [1.54, 1.807) is 19.1 Å². The second kappa shape index (κ2) is 8.84. The first-order valence-electron chi connectivity index (χ1n) is 7.63. The van der Waals surface area contributed by atoms with Crippen LogP contribution in [0.25, 0.3) is 16.5 Å². The standard InChI is InChI=1S/C19H16N2O4S.Y/c1-11-9-13-5-3-4-6-16(13)19(23)18(11)21-20-17-10-14(26(24)25)7-8-15(17)12(2)22;/h3-10,22-23H,2H2,1H3,(H,24,25);/q;+3/p-1. The molecule has 3 aromatic rings. The molecule has 3 rings (SSSR count). The predicted molar refractivity (Wildman–Crippen MR) is 99.8 cm³/mol. The summed E-state index contributed by atoms with van der Waals surface area (Å²) in [5, 5.41) is 29.8. The van der Waals surface area contributed by atoms with Crippen molar-refractivity contribution >= 4 is 39.0 Å². The van der Waals surface area contributed by atoms with Gasteiger partial charge in [-0.15, -0.1) is 10.2 Å². The summed E-state index contributed by atoms with van der Waals surface area (Å²) in [4.78, 5) is 0.00315. The van der Waals surface area contributed by atoms with Crippen molar-refractivity contribution in [2.75, 3.05) is 0 Å². The Morgan fingerprint density at radius 2 is 1.85 bits per heavy atom. The molecule has 0 aliphatic heterocycles. The molecule has 3 aromatic carbocycles. The van der Waals surface area contributed by atoms with E-state index in [-0.39, 0.29) is 66.1 Å². The van der Waals surface area contributed by atoms with Gasteiger partial charge in [0.1, 0.15) is 11.4 Å². The second-order valence-corrected chi connectivity index (χ2v) is 6.61. The molecule has 1 atom stereocenters.